The lowest BCUT2D eigenvalue weighted by Crippen LogP contribution is -2.13. The minimum atomic E-state index is -1.12. The number of aromatic hydroxyl groups is 1. The molecule has 142 heavy (non-hydrogen) atoms. The molecule has 0 fully saturated rings. The van der Waals surface area contributed by atoms with Gasteiger partial charge in [0, 0.05) is 48.1 Å². The Bertz CT molecular complexity index is 5760. The summed E-state index contributed by atoms with van der Waals surface area (Å²) >= 11 is 2.68. The first kappa shape index (κ1) is 121. The van der Waals surface area contributed by atoms with Crippen molar-refractivity contribution in [3.05, 3.63) is 258 Å². The van der Waals surface area contributed by atoms with Gasteiger partial charge in [0.2, 0.25) is 0 Å². The number of phenolic OH excluding ortho intramolecular Hbond substituents is 1. The van der Waals surface area contributed by atoms with Crippen molar-refractivity contribution in [1.82, 2.24) is 9.97 Å². The van der Waals surface area contributed by atoms with Crippen LogP contribution >= 0.6 is 22.7 Å². The number of benzene rings is 8. The second-order valence-electron chi connectivity index (χ2n) is 31.2. The number of aromatic carboxylic acids is 3. The van der Waals surface area contributed by atoms with Crippen molar-refractivity contribution in [2.75, 3.05) is 53.3 Å². The summed E-state index contributed by atoms with van der Waals surface area (Å²) in [6.45, 7) is 28.4. The first-order chi connectivity index (χ1) is 67.0. The average molecular weight is 2010 g/mol. The van der Waals surface area contributed by atoms with Crippen LogP contribution in [0.1, 0.15) is 253 Å². The number of nitrogens with one attached hydrogen (secondary N) is 2. The van der Waals surface area contributed by atoms with Gasteiger partial charge >= 0.3 is 65.7 Å². The maximum atomic E-state index is 12.3. The van der Waals surface area contributed by atoms with Crippen LogP contribution < -0.4 is 43.8 Å². The number of carboxylic acid groups (broad SMARTS) is 3. The van der Waals surface area contributed by atoms with E-state index in [0.717, 1.165) is 0 Å². The summed E-state index contributed by atoms with van der Waals surface area (Å²) in [4.78, 5) is 155. The fourth-order valence-corrected chi connectivity index (χ4v) is 12.3. The van der Waals surface area contributed by atoms with E-state index >= 15 is 0 Å². The highest BCUT2D eigenvalue weighted by atomic mass is 32.1. The van der Waals surface area contributed by atoms with Gasteiger partial charge < -0.3 is 107 Å². The molecular formula is C101H120N4O35S2. The van der Waals surface area contributed by atoms with Gasteiger partial charge in [-0.2, -0.15) is 0 Å². The van der Waals surface area contributed by atoms with Crippen LogP contribution in [0.2, 0.25) is 0 Å². The number of aromatic nitrogens is 2. The maximum Gasteiger partial charge on any atom is 0.338 e. The Balaban J connectivity index is 0.000000419. The van der Waals surface area contributed by atoms with Crippen LogP contribution in [-0.4, -0.2) is 209 Å². The SMILES string of the molecule is CC(=O)OCc1cc(OC(C)C)cc(C(=O)Nc2nccs2)c1.CC(=O)OCc1cc(OC(C)C)cc(C(=O)O)c1.CC(C)Oc1cc(CO)cc(C(=O)Nc2nccs2)c1.CC(C)Oc1cc(CO)cc(C(=O)O)c1.COC(=O)c1cc(CO)cc(OC(C)C)c1.COC(=O)c1cc(O)cc(C(=O)OC)c1.COC(=O)c1cc(OC(C)C)cc(C(=O)O)c1.COC(=O)c1cc(OC(C)C)cc(C(=O)OC)c1. The number of hydrogen-bond acceptors (Lipinski definition) is 36. The van der Waals surface area contributed by atoms with Crippen LogP contribution in [0.4, 0.5) is 10.3 Å². The molecule has 2 heterocycles. The number of aliphatic hydroxyl groups is 3. The molecule has 0 bridgehead atoms. The Morgan fingerprint density at radius 1 is 0.282 bits per heavy atom. The smallest absolute Gasteiger partial charge is 0.338 e. The van der Waals surface area contributed by atoms with Crippen LogP contribution in [0.3, 0.4) is 0 Å². The highest BCUT2D eigenvalue weighted by molar-refractivity contribution is 7.14. The largest absolute Gasteiger partial charge is 0.508 e. The number of amides is 2. The van der Waals surface area contributed by atoms with E-state index in [2.05, 4.69) is 49.0 Å². The number of phenols is 1. The molecule has 0 aliphatic heterocycles. The zero-order chi connectivity index (χ0) is 107. The first-order valence-corrected chi connectivity index (χ1v) is 45.0. The molecule has 0 atom stereocenters. The molecule has 2 amide bonds. The van der Waals surface area contributed by atoms with Crippen molar-refractivity contribution in [2.45, 2.75) is 187 Å². The summed E-state index contributed by atoms with van der Waals surface area (Å²) < 4.78 is 75.5. The van der Waals surface area contributed by atoms with E-state index in [4.69, 9.17) is 68.2 Å². The van der Waals surface area contributed by atoms with Gasteiger partial charge in [0.1, 0.15) is 59.2 Å². The van der Waals surface area contributed by atoms with E-state index < -0.39 is 59.7 Å². The number of aliphatic hydroxyl groups excluding tert-OH is 3. The molecule has 0 radical (unpaired) electrons. The van der Waals surface area contributed by atoms with Crippen molar-refractivity contribution >= 4 is 110 Å². The van der Waals surface area contributed by atoms with E-state index in [-0.39, 0.29) is 144 Å². The molecule has 8 aromatic carbocycles. The normalized spacial score (nSPS) is 10.2. The maximum absolute atomic E-state index is 12.3. The van der Waals surface area contributed by atoms with Crippen molar-refractivity contribution in [2.24, 2.45) is 0 Å². The predicted octanol–water partition coefficient (Wildman–Crippen LogP) is 16.5. The zero-order valence-corrected chi connectivity index (χ0v) is 84.1. The fraction of sp³-hybridized carbons (Fsp3) is 0.337. The molecule has 39 nitrogen and oxygen atoms in total. The summed E-state index contributed by atoms with van der Waals surface area (Å²) in [7, 11) is 7.52. The summed E-state index contributed by atoms with van der Waals surface area (Å²) in [6.07, 6.45) is 2.96. The standard InChI is InChI=1S/C16H18N2O4S.C14H16N2O3S.2C13H16O5.C12H14O5.C12H16O4.C11H14O4.C10H10O5/c1-10(2)22-14-7-12(9-21-11(3)19)6-13(8-14)15(20)18-16-17-4-5-23-16;1-9(2)19-12-6-10(8-17)5-11(7-12)13(18)16-14-15-3-4-20-14;1-8(2)18-11-6-9(12(14)16-3)5-10(7-11)13(15)17-4;1-8(2)18-12-5-10(7-17-9(3)14)4-11(6-12)13(15)16;1-7(2)17-10-5-8(11(13)14)4-9(6-10)12(15)16-3;1-8(2)16-11-5-9(7-13)4-10(6-11)12(14)15-3;1-7(2)15-10-4-8(6-12)3-9(5-10)11(13)14;1-14-9(12)6-3-7(10(13)15-2)5-8(11)4-6/h4-8,10H,9H2,1-3H3,(H,17,18,20);3-7,9,17H,8H2,1-2H3,(H,15,16,18);5-8H,1-4H3;4-6,8H,7H2,1-3H3,(H,15,16);4-7H,1-3H3,(H,13,14);4-6,8,13H,7H2,1-3H3;3-5,7,12H,6H2,1-2H3,(H,13,14);3-5,11H,1-2H3. The van der Waals surface area contributed by atoms with Crippen LogP contribution in [0, 0.1) is 0 Å². The quantitative estimate of drug-likeness (QED) is 0.0134. The molecule has 0 unspecified atom stereocenters. The number of anilines is 2. The van der Waals surface area contributed by atoms with Crippen molar-refractivity contribution in [3.8, 4) is 46.0 Å². The molecule has 0 spiro atoms. The fourth-order valence-electron chi connectivity index (χ4n) is 11.3. The minimum absolute atomic E-state index is 0.00110. The first-order valence-electron chi connectivity index (χ1n) is 43.2. The van der Waals surface area contributed by atoms with Gasteiger partial charge in [0.25, 0.3) is 11.8 Å². The van der Waals surface area contributed by atoms with Gasteiger partial charge in [0.05, 0.1) is 155 Å². The lowest BCUT2D eigenvalue weighted by Gasteiger charge is -2.13. The number of hydrogen-bond donors (Lipinski definition) is 9. The van der Waals surface area contributed by atoms with Crippen molar-refractivity contribution < 1.29 is 169 Å². The van der Waals surface area contributed by atoms with Crippen molar-refractivity contribution in [1.29, 1.82) is 0 Å². The number of carbonyl (C=O) groups excluding carboxylic acids is 10. The number of rotatable bonds is 34. The third kappa shape index (κ3) is 46.2. The Morgan fingerprint density at radius 2 is 0.479 bits per heavy atom. The highest BCUT2D eigenvalue weighted by Gasteiger charge is 2.22. The monoisotopic (exact) mass is 2010 g/mol. The molecule has 0 saturated heterocycles. The summed E-state index contributed by atoms with van der Waals surface area (Å²) in [6, 6.07) is 36.3. The Morgan fingerprint density at radius 3 is 0.711 bits per heavy atom. The molecule has 9 N–H and O–H groups in total. The Kier molecular flexibility index (Phi) is 53.0. The third-order valence-electron chi connectivity index (χ3n) is 16.7. The molecule has 0 saturated carbocycles. The number of carbonyl (C=O) groups is 13. The lowest BCUT2D eigenvalue weighted by molar-refractivity contribution is -0.143. The molecule has 766 valence electrons. The number of carboxylic acids is 3. The molecular weight excluding hydrogens is 1890 g/mol. The molecule has 2 aromatic heterocycles. The molecule has 41 heteroatoms. The Hall–Kier alpha value is -15.6. The average Bonchev–Trinajstić information content (AvgIpc) is 0.898. The van der Waals surface area contributed by atoms with Gasteiger partial charge in [0.15, 0.2) is 10.3 Å². The Labute approximate surface area is 828 Å². The minimum Gasteiger partial charge on any atom is -0.508 e. The number of thiazole rings is 2. The van der Waals surface area contributed by atoms with Crippen LogP contribution in [-0.2, 0) is 80.5 Å². The lowest BCUT2D eigenvalue weighted by atomic mass is 10.1. The third-order valence-corrected chi connectivity index (χ3v) is 18.1. The van der Waals surface area contributed by atoms with E-state index in [9.17, 15) is 72.5 Å². The van der Waals surface area contributed by atoms with Gasteiger partial charge in [-0.05, 0) is 270 Å². The van der Waals surface area contributed by atoms with E-state index in [1.165, 1.54) is 158 Å². The molecule has 0 aliphatic rings. The molecule has 10 aromatic rings. The number of nitrogens with zero attached hydrogens (tertiary/aromatic N) is 2. The van der Waals surface area contributed by atoms with Crippen LogP contribution in [0.15, 0.2) is 169 Å². The second-order valence-corrected chi connectivity index (χ2v) is 33.0. The van der Waals surface area contributed by atoms with Gasteiger partial charge in [-0.25, -0.2) is 53.1 Å². The van der Waals surface area contributed by atoms with E-state index in [1.807, 2.05) is 96.9 Å². The molecule has 0 aliphatic carbocycles. The number of ether oxygens (including phenoxy) is 15. The van der Waals surface area contributed by atoms with Crippen molar-refractivity contribution in [3.63, 3.8) is 0 Å². The summed E-state index contributed by atoms with van der Waals surface area (Å²) in [5, 5.41) is 73.3. The van der Waals surface area contributed by atoms with E-state index in [0.29, 0.717) is 95.0 Å². The topological polar surface area (TPSA) is 552 Å². The van der Waals surface area contributed by atoms with Crippen LogP contribution in [0.25, 0.3) is 0 Å². The predicted molar refractivity (Wildman–Crippen MR) is 521 cm³/mol. The second kappa shape index (κ2) is 62.4. The zero-order valence-electron chi connectivity index (χ0n) is 82.5. The summed E-state index contributed by atoms with van der Waals surface area (Å²) in [5.41, 5.74) is 5.34. The van der Waals surface area contributed by atoms with Gasteiger partial charge in [-0.1, -0.05) is 0 Å². The number of methoxy groups -OCH3 is 6. The molecule has 10 rings (SSSR count). The summed E-state index contributed by atoms with van der Waals surface area (Å²) in [5.74, 6) is -4.77. The van der Waals surface area contributed by atoms with E-state index in [1.54, 1.807) is 89.9 Å². The van der Waals surface area contributed by atoms with Gasteiger partial charge in [-0.15, -0.1) is 22.7 Å². The number of esters is 8. The van der Waals surface area contributed by atoms with Crippen LogP contribution in [0.5, 0.6) is 46.0 Å². The highest BCUT2D eigenvalue weighted by Crippen LogP contribution is 2.29. The van der Waals surface area contributed by atoms with Gasteiger partial charge in [-0.3, -0.25) is 29.8 Å².